The van der Waals surface area contributed by atoms with Crippen molar-refractivity contribution < 1.29 is 19.1 Å². The Labute approximate surface area is 145 Å². The molecule has 0 bridgehead atoms. The Kier molecular flexibility index (Phi) is 4.63. The van der Waals surface area contributed by atoms with Crippen LogP contribution in [0.2, 0.25) is 0 Å². The number of carbonyl (C=O) groups excluding carboxylic acids is 2. The van der Waals surface area contributed by atoms with E-state index in [4.69, 9.17) is 10.6 Å². The molecule has 0 saturated carbocycles. The molecule has 126 valence electrons. The number of urea groups is 1. The summed E-state index contributed by atoms with van der Waals surface area (Å²) in [6.07, 6.45) is 5.16. The van der Waals surface area contributed by atoms with E-state index in [-0.39, 0.29) is 18.3 Å². The Morgan fingerprint density at radius 3 is 2.28 bits per heavy atom. The summed E-state index contributed by atoms with van der Waals surface area (Å²) in [5, 5.41) is 2.52. The van der Waals surface area contributed by atoms with Gasteiger partial charge in [-0.25, -0.2) is 9.59 Å². The van der Waals surface area contributed by atoms with Crippen molar-refractivity contribution in [2.75, 3.05) is 6.54 Å². The van der Waals surface area contributed by atoms with Crippen LogP contribution in [0.1, 0.15) is 10.4 Å². The molecule has 6 heteroatoms. The zero-order valence-electron chi connectivity index (χ0n) is 13.5. The Balaban J connectivity index is 2.07. The van der Waals surface area contributed by atoms with Gasteiger partial charge < -0.3 is 10.6 Å². The summed E-state index contributed by atoms with van der Waals surface area (Å²) in [4.78, 5) is 30.8. The van der Waals surface area contributed by atoms with Crippen LogP contribution in [0.25, 0.3) is 0 Å². The molecule has 0 radical (unpaired) electrons. The van der Waals surface area contributed by atoms with Crippen molar-refractivity contribution in [3.63, 3.8) is 0 Å². The first-order valence-electron chi connectivity index (χ1n) is 7.78. The lowest BCUT2D eigenvalue weighted by molar-refractivity contribution is -0.977. The number of quaternary nitrogens is 1. The summed E-state index contributed by atoms with van der Waals surface area (Å²) in [5.74, 6) is 0.445. The van der Waals surface area contributed by atoms with Crippen LogP contribution < -0.4 is 15.9 Å². The highest BCUT2D eigenvalue weighted by Gasteiger charge is 2.47. The van der Waals surface area contributed by atoms with Gasteiger partial charge in [0.25, 0.3) is 5.82 Å². The third kappa shape index (κ3) is 3.44. The molecule has 0 aromatic heterocycles. The average molecular weight is 336 g/mol. The fourth-order valence-electron chi connectivity index (χ4n) is 2.62. The van der Waals surface area contributed by atoms with Crippen molar-refractivity contribution in [1.82, 2.24) is 5.32 Å². The third-order valence-electron chi connectivity index (χ3n) is 3.75. The lowest BCUT2D eigenvalue weighted by Crippen LogP contribution is -2.59. The van der Waals surface area contributed by atoms with Gasteiger partial charge in [0.2, 0.25) is 0 Å². The maximum absolute atomic E-state index is 13.3. The lowest BCUT2D eigenvalue weighted by Gasteiger charge is -2.34. The molecule has 1 aliphatic rings. The molecule has 1 aliphatic heterocycles. The van der Waals surface area contributed by atoms with Crippen molar-refractivity contribution in [1.29, 1.82) is 0 Å². The number of benzene rings is 2. The van der Waals surface area contributed by atoms with Crippen LogP contribution in [0, 0.1) is 0 Å². The molecule has 0 saturated heterocycles. The van der Waals surface area contributed by atoms with E-state index in [0.717, 1.165) is 0 Å². The summed E-state index contributed by atoms with van der Waals surface area (Å²) >= 11 is 0. The fourth-order valence-corrected chi connectivity index (χ4v) is 2.62. The number of nitrogens with two attached hydrogens (primary N) is 1. The number of nitrogens with one attached hydrogen (secondary N) is 1. The van der Waals surface area contributed by atoms with Crippen molar-refractivity contribution in [3.8, 4) is 5.75 Å². The molecular weight excluding hydrogens is 318 g/mol. The molecule has 0 fully saturated rings. The van der Waals surface area contributed by atoms with Crippen LogP contribution in [0.4, 0.5) is 4.79 Å². The third-order valence-corrected chi connectivity index (χ3v) is 3.75. The zero-order valence-corrected chi connectivity index (χ0v) is 13.5. The van der Waals surface area contributed by atoms with Crippen LogP contribution in [-0.4, -0.2) is 23.1 Å². The predicted molar refractivity (Wildman–Crippen MR) is 92.9 cm³/mol. The van der Waals surface area contributed by atoms with Gasteiger partial charge in [0.1, 0.15) is 0 Å². The average Bonchev–Trinajstić information content (AvgIpc) is 2.64. The number of carbonyl (C=O) groups is 2. The van der Waals surface area contributed by atoms with Gasteiger partial charge in [-0.2, -0.15) is 0 Å². The van der Waals surface area contributed by atoms with E-state index >= 15 is 0 Å². The Bertz CT molecular complexity index is 832. The molecule has 3 N–H and O–H groups in total. The number of hydrogen-bond donors (Lipinski definition) is 2. The van der Waals surface area contributed by atoms with Crippen LogP contribution >= 0.6 is 0 Å². The minimum atomic E-state index is -0.762. The van der Waals surface area contributed by atoms with E-state index in [9.17, 15) is 9.59 Å². The van der Waals surface area contributed by atoms with Gasteiger partial charge in [0, 0.05) is 6.08 Å². The molecular formula is C19H18N3O3+. The van der Waals surface area contributed by atoms with Crippen molar-refractivity contribution in [3.05, 3.63) is 90.3 Å². The first-order valence-corrected chi connectivity index (χ1v) is 7.78. The number of primary amides is 1. The van der Waals surface area contributed by atoms with Gasteiger partial charge in [0.05, 0.1) is 5.56 Å². The number of allylic oxidation sites excluding steroid dienone is 2. The maximum atomic E-state index is 13.3. The van der Waals surface area contributed by atoms with Crippen molar-refractivity contribution >= 4 is 11.9 Å². The van der Waals surface area contributed by atoms with Crippen LogP contribution in [-0.2, 0) is 0 Å². The zero-order chi connectivity index (χ0) is 17.7. The molecule has 2 aromatic carbocycles. The monoisotopic (exact) mass is 336 g/mol. The highest BCUT2D eigenvalue weighted by atomic mass is 16.7. The van der Waals surface area contributed by atoms with E-state index in [2.05, 4.69) is 5.32 Å². The molecule has 2 aromatic rings. The standard InChI is InChI=1S/C19H17N3O3/c20-19(24)21-17-13-7-8-14-22(17,25-16-11-5-2-6-12-16)18(23)15-9-3-1-4-10-15/h1-13H,14H2,(H2-,20,21,24)/p+1. The second-order valence-electron chi connectivity index (χ2n) is 5.47. The lowest BCUT2D eigenvalue weighted by atomic mass is 10.1. The second-order valence-corrected chi connectivity index (χ2v) is 5.47. The summed E-state index contributed by atoms with van der Waals surface area (Å²) in [6.45, 7) is 0.217. The quantitative estimate of drug-likeness (QED) is 0.842. The number of nitrogens with zero attached hydrogens (tertiary/aromatic N) is 1. The van der Waals surface area contributed by atoms with Gasteiger partial charge in [-0.05, 0) is 35.0 Å². The molecule has 6 nitrogen and oxygen atoms in total. The van der Waals surface area contributed by atoms with Gasteiger partial charge in [0.15, 0.2) is 12.3 Å². The summed E-state index contributed by atoms with van der Waals surface area (Å²) < 4.78 is -0.548. The molecule has 1 heterocycles. The van der Waals surface area contributed by atoms with Gasteiger partial charge in [-0.15, -0.1) is 0 Å². The molecule has 3 rings (SSSR count). The summed E-state index contributed by atoms with van der Waals surface area (Å²) in [5.41, 5.74) is 5.75. The molecule has 1 atom stereocenters. The number of rotatable bonds is 4. The van der Waals surface area contributed by atoms with E-state index in [1.165, 1.54) is 0 Å². The van der Waals surface area contributed by atoms with Gasteiger partial charge in [-0.3, -0.25) is 5.32 Å². The van der Waals surface area contributed by atoms with Crippen molar-refractivity contribution in [2.45, 2.75) is 0 Å². The SMILES string of the molecule is NC(=O)NC1=CC=CC[N+]1(Oc1ccccc1)C(=O)c1ccccc1. The van der Waals surface area contributed by atoms with E-state index in [1.54, 1.807) is 54.6 Å². The topological polar surface area (TPSA) is 81.4 Å². The normalized spacial score (nSPS) is 19.0. The molecule has 1 unspecified atom stereocenters. The molecule has 0 spiro atoms. The summed E-state index contributed by atoms with van der Waals surface area (Å²) in [6, 6.07) is 17.0. The fraction of sp³-hybridized carbons (Fsp3) is 0.0526. The number of hydroxylamine groups is 3. The number of para-hydroxylation sites is 1. The first kappa shape index (κ1) is 16.5. The Hall–Kier alpha value is -3.38. The highest BCUT2D eigenvalue weighted by molar-refractivity contribution is 5.89. The molecule has 0 aliphatic carbocycles. The maximum Gasteiger partial charge on any atom is 0.393 e. The first-order chi connectivity index (χ1) is 12.1. The molecule has 25 heavy (non-hydrogen) atoms. The van der Waals surface area contributed by atoms with Gasteiger partial charge >= 0.3 is 11.9 Å². The van der Waals surface area contributed by atoms with Gasteiger partial charge in [-0.1, -0.05) is 42.5 Å². The van der Waals surface area contributed by atoms with E-state index in [0.29, 0.717) is 11.3 Å². The van der Waals surface area contributed by atoms with Crippen LogP contribution in [0.3, 0.4) is 0 Å². The Morgan fingerprint density at radius 2 is 1.64 bits per heavy atom. The van der Waals surface area contributed by atoms with Crippen molar-refractivity contribution in [2.24, 2.45) is 5.73 Å². The second kappa shape index (κ2) is 7.02. The van der Waals surface area contributed by atoms with E-state index < -0.39 is 10.7 Å². The molecule has 3 amide bonds. The number of hydrogen-bond acceptors (Lipinski definition) is 3. The largest absolute Gasteiger partial charge is 0.393 e. The van der Waals surface area contributed by atoms with Crippen LogP contribution in [0.5, 0.6) is 5.75 Å². The minimum Gasteiger partial charge on any atom is -0.351 e. The van der Waals surface area contributed by atoms with Crippen LogP contribution in [0.15, 0.2) is 84.7 Å². The summed E-state index contributed by atoms with van der Waals surface area (Å²) in [7, 11) is 0. The smallest absolute Gasteiger partial charge is 0.351 e. The van der Waals surface area contributed by atoms with E-state index in [1.807, 2.05) is 24.3 Å². The Morgan fingerprint density at radius 1 is 1.00 bits per heavy atom. The predicted octanol–water partition coefficient (Wildman–Crippen LogP) is 2.72. The number of amides is 3. The highest BCUT2D eigenvalue weighted by Crippen LogP contribution is 2.27. The minimum absolute atomic E-state index is 0.217.